The average Bonchev–Trinajstić information content (AvgIpc) is 3.53. The second kappa shape index (κ2) is 13.0. The number of fused-ring (bicyclic) bond motifs is 1. The van der Waals surface area contributed by atoms with Crippen LogP contribution in [0.25, 0.3) is 0 Å². The summed E-state index contributed by atoms with van der Waals surface area (Å²) in [4.78, 5) is 49.6. The maximum atomic E-state index is 15.2. The van der Waals surface area contributed by atoms with Crippen molar-refractivity contribution in [1.29, 1.82) is 0 Å². The molecule has 248 valence electrons. The molecule has 3 aliphatic heterocycles. The minimum atomic E-state index is -1.18. The Bertz CT molecular complexity index is 1270. The van der Waals surface area contributed by atoms with Gasteiger partial charge in [0.15, 0.2) is 0 Å². The van der Waals surface area contributed by atoms with Crippen molar-refractivity contribution in [2.45, 2.75) is 109 Å². The molecular weight excluding hydrogens is 566 g/mol. The number of ether oxygens (including phenoxy) is 1. The summed E-state index contributed by atoms with van der Waals surface area (Å²) in [7, 11) is 0. The first-order valence-corrected chi connectivity index (χ1v) is 16.6. The van der Waals surface area contributed by atoms with Gasteiger partial charge in [-0.2, -0.15) is 0 Å². The summed E-state index contributed by atoms with van der Waals surface area (Å²) in [6.45, 7) is 23.2. The number of carbonyl (C=O) groups excluding carboxylic acids is 3. The second-order valence-corrected chi connectivity index (χ2v) is 15.4. The van der Waals surface area contributed by atoms with Gasteiger partial charge in [-0.05, 0) is 63.9 Å². The number of aliphatic hydroxyl groups is 1. The van der Waals surface area contributed by atoms with Crippen molar-refractivity contribution in [3.63, 3.8) is 0 Å². The lowest BCUT2D eigenvalue weighted by molar-refractivity contribution is -0.159. The van der Waals surface area contributed by atoms with E-state index in [9.17, 15) is 14.7 Å². The predicted molar refractivity (Wildman–Crippen MR) is 177 cm³/mol. The fourth-order valence-corrected chi connectivity index (χ4v) is 8.77. The average molecular weight is 622 g/mol. The van der Waals surface area contributed by atoms with E-state index in [0.717, 1.165) is 18.4 Å². The van der Waals surface area contributed by atoms with E-state index in [1.807, 2.05) is 49.1 Å². The van der Waals surface area contributed by atoms with Crippen LogP contribution in [0.15, 0.2) is 55.6 Å². The van der Waals surface area contributed by atoms with E-state index < -0.39 is 40.7 Å². The molecule has 1 aromatic carbocycles. The van der Waals surface area contributed by atoms with Gasteiger partial charge in [0.25, 0.3) is 0 Å². The molecule has 6 atom stereocenters. The van der Waals surface area contributed by atoms with Gasteiger partial charge in [-0.3, -0.25) is 14.4 Å². The number of hydrogen-bond acceptors (Lipinski definition) is 5. The first kappa shape index (κ1) is 34.9. The van der Waals surface area contributed by atoms with Crippen molar-refractivity contribution >= 4 is 17.7 Å². The van der Waals surface area contributed by atoms with Crippen LogP contribution in [0.3, 0.4) is 0 Å². The molecule has 45 heavy (non-hydrogen) atoms. The molecule has 1 spiro atoms. The van der Waals surface area contributed by atoms with Gasteiger partial charge in [-0.1, -0.05) is 70.2 Å². The fourth-order valence-electron chi connectivity index (χ4n) is 8.77. The zero-order valence-electron chi connectivity index (χ0n) is 28.6. The number of carbonyl (C=O) groups is 3. The van der Waals surface area contributed by atoms with Crippen molar-refractivity contribution in [2.75, 3.05) is 26.2 Å². The van der Waals surface area contributed by atoms with E-state index in [-0.39, 0.29) is 29.7 Å². The summed E-state index contributed by atoms with van der Waals surface area (Å²) >= 11 is 0. The molecule has 3 saturated heterocycles. The van der Waals surface area contributed by atoms with Crippen molar-refractivity contribution in [1.82, 2.24) is 14.7 Å². The summed E-state index contributed by atoms with van der Waals surface area (Å²) in [5.41, 5.74) is -1.76. The van der Waals surface area contributed by atoms with E-state index in [4.69, 9.17) is 4.74 Å². The topological polar surface area (TPSA) is 90.4 Å². The Labute approximate surface area is 270 Å². The predicted octanol–water partition coefficient (Wildman–Crippen LogP) is 5.01. The van der Waals surface area contributed by atoms with Crippen LogP contribution in [-0.4, -0.2) is 92.6 Å². The van der Waals surface area contributed by atoms with Gasteiger partial charge in [-0.15, -0.1) is 13.2 Å². The fraction of sp³-hybridized carbons (Fsp3) is 0.649. The van der Waals surface area contributed by atoms with Crippen molar-refractivity contribution in [3.05, 3.63) is 61.2 Å². The molecule has 8 heteroatoms. The number of amides is 3. The highest BCUT2D eigenvalue weighted by Crippen LogP contribution is 2.64. The minimum absolute atomic E-state index is 0.0721. The summed E-state index contributed by atoms with van der Waals surface area (Å²) in [6, 6.07) is 8.03. The van der Waals surface area contributed by atoms with Crippen molar-refractivity contribution in [3.8, 4) is 0 Å². The summed E-state index contributed by atoms with van der Waals surface area (Å²) in [5.74, 6) is -2.21. The lowest BCUT2D eigenvalue weighted by atomic mass is 9.66. The molecule has 3 fully saturated rings. The van der Waals surface area contributed by atoms with E-state index in [2.05, 4.69) is 47.8 Å². The normalized spacial score (nSPS) is 28.1. The lowest BCUT2D eigenvalue weighted by Crippen LogP contribution is -2.62. The minimum Gasteiger partial charge on any atom is -0.394 e. The second-order valence-electron chi connectivity index (χ2n) is 15.4. The van der Waals surface area contributed by atoms with E-state index in [1.54, 1.807) is 22.0 Å². The molecular formula is C37H55N3O5. The molecule has 4 rings (SSSR count). The molecule has 0 aromatic heterocycles. The smallest absolute Gasteiger partial charge is 0.249 e. The Balaban J connectivity index is 1.87. The third-order valence-electron chi connectivity index (χ3n) is 10.1. The van der Waals surface area contributed by atoms with E-state index >= 15 is 4.79 Å². The van der Waals surface area contributed by atoms with Crippen LogP contribution in [-0.2, 0) is 25.5 Å². The third kappa shape index (κ3) is 6.37. The standard InChI is InChI=1S/C37H55N3O5/c1-10-20-38(21-11-2)31(42)28-29-32(43)40(27(24-41)23-26-16-14-13-15-17-26)30(37(29)19-18-36(28,9)45-37)33(44)39(22-12-3)35(7,8)25-34(4,5)6/h10,12-17,27-30,41H,1,3,11,18-25H2,2,4-9H3/t27-,28-,29+,30?,36+,37?/m1/s1. The zero-order valence-corrected chi connectivity index (χ0v) is 28.6. The molecule has 8 nitrogen and oxygen atoms in total. The Morgan fingerprint density at radius 3 is 2.29 bits per heavy atom. The third-order valence-corrected chi connectivity index (χ3v) is 10.1. The number of likely N-dealkylation sites (tertiary alicyclic amines) is 1. The van der Waals surface area contributed by atoms with Crippen LogP contribution in [0.4, 0.5) is 0 Å². The SMILES string of the molecule is C=CCN(CCC)C(=O)[C@H]1[C@H]2C(=O)N([C@@H](CO)Cc3ccccc3)C(C(=O)N(CC=C)C(C)(C)CC(C)(C)C)C23CC[C@]1(C)O3. The maximum Gasteiger partial charge on any atom is 0.249 e. The molecule has 3 aliphatic rings. The van der Waals surface area contributed by atoms with Gasteiger partial charge >= 0.3 is 0 Å². The maximum absolute atomic E-state index is 15.2. The van der Waals surface area contributed by atoms with Gasteiger partial charge in [0, 0.05) is 25.2 Å². The largest absolute Gasteiger partial charge is 0.394 e. The highest BCUT2D eigenvalue weighted by molar-refractivity contribution is 5.99. The van der Waals surface area contributed by atoms with E-state index in [1.165, 1.54) is 0 Å². The van der Waals surface area contributed by atoms with Crippen molar-refractivity contribution < 1.29 is 24.2 Å². The lowest BCUT2D eigenvalue weighted by Gasteiger charge is -2.46. The van der Waals surface area contributed by atoms with Gasteiger partial charge in [0.1, 0.15) is 11.6 Å². The Morgan fingerprint density at radius 2 is 1.73 bits per heavy atom. The van der Waals surface area contributed by atoms with Crippen LogP contribution < -0.4 is 0 Å². The molecule has 0 saturated carbocycles. The highest BCUT2D eigenvalue weighted by atomic mass is 16.5. The van der Waals surface area contributed by atoms with Gasteiger partial charge in [-0.25, -0.2) is 0 Å². The number of hydrogen-bond donors (Lipinski definition) is 1. The van der Waals surface area contributed by atoms with Crippen LogP contribution in [0.5, 0.6) is 0 Å². The van der Waals surface area contributed by atoms with Gasteiger partial charge in [0.05, 0.1) is 30.1 Å². The monoisotopic (exact) mass is 621 g/mol. The number of benzene rings is 1. The molecule has 1 aromatic rings. The first-order valence-electron chi connectivity index (χ1n) is 16.6. The molecule has 3 amide bonds. The van der Waals surface area contributed by atoms with Gasteiger partial charge in [0.2, 0.25) is 17.7 Å². The molecule has 3 heterocycles. The van der Waals surface area contributed by atoms with E-state index in [0.29, 0.717) is 38.9 Å². The highest BCUT2D eigenvalue weighted by Gasteiger charge is 2.79. The molecule has 1 N–H and O–H groups in total. The summed E-state index contributed by atoms with van der Waals surface area (Å²) in [6.07, 6.45) is 6.34. The molecule has 2 bridgehead atoms. The van der Waals surface area contributed by atoms with Crippen LogP contribution >= 0.6 is 0 Å². The summed E-state index contributed by atoms with van der Waals surface area (Å²) < 4.78 is 6.94. The Kier molecular flexibility index (Phi) is 10.1. The number of nitrogens with zero attached hydrogens (tertiary/aromatic N) is 3. The summed E-state index contributed by atoms with van der Waals surface area (Å²) in [5, 5.41) is 10.8. The number of rotatable bonds is 14. The molecule has 2 unspecified atom stereocenters. The quantitative estimate of drug-likeness (QED) is 0.295. The Hall–Kier alpha value is -2.97. The first-order chi connectivity index (χ1) is 21.1. The number of aliphatic hydroxyl groups excluding tert-OH is 1. The zero-order chi connectivity index (χ0) is 33.4. The molecule has 0 aliphatic carbocycles. The van der Waals surface area contributed by atoms with Crippen LogP contribution in [0.2, 0.25) is 0 Å². The van der Waals surface area contributed by atoms with Crippen LogP contribution in [0.1, 0.15) is 79.7 Å². The van der Waals surface area contributed by atoms with Gasteiger partial charge < -0.3 is 24.5 Å². The van der Waals surface area contributed by atoms with Crippen LogP contribution in [0, 0.1) is 17.3 Å². The Morgan fingerprint density at radius 1 is 1.09 bits per heavy atom. The van der Waals surface area contributed by atoms with Crippen molar-refractivity contribution in [2.24, 2.45) is 17.3 Å². The molecule has 0 radical (unpaired) electrons.